The first-order valence-electron chi connectivity index (χ1n) is 6.48. The van der Waals surface area contributed by atoms with Gasteiger partial charge in [0.2, 0.25) is 5.91 Å². The molecule has 0 radical (unpaired) electrons. The summed E-state index contributed by atoms with van der Waals surface area (Å²) in [7, 11) is 0. The largest absolute Gasteiger partial charge is 0.508 e. The molecule has 0 saturated carbocycles. The van der Waals surface area contributed by atoms with E-state index in [1.165, 1.54) is 0 Å². The molecule has 0 fully saturated rings. The van der Waals surface area contributed by atoms with Crippen LogP contribution in [0.2, 0.25) is 0 Å². The Bertz CT molecular complexity index is 579. The van der Waals surface area contributed by atoms with Crippen LogP contribution in [-0.4, -0.2) is 17.6 Å². The number of rotatable bonds is 5. The first-order chi connectivity index (χ1) is 9.67. The van der Waals surface area contributed by atoms with Crippen LogP contribution in [0.4, 0.5) is 5.69 Å². The Morgan fingerprint density at radius 3 is 2.60 bits per heavy atom. The number of hydrogen-bond acceptors (Lipinski definition) is 3. The highest BCUT2D eigenvalue weighted by Crippen LogP contribution is 2.16. The van der Waals surface area contributed by atoms with Crippen LogP contribution in [0, 0.1) is 0 Å². The fraction of sp³-hybridized carbons (Fsp3) is 0.188. The average molecular weight is 271 g/mol. The van der Waals surface area contributed by atoms with E-state index in [2.05, 4.69) is 5.32 Å². The van der Waals surface area contributed by atoms with E-state index in [4.69, 9.17) is 4.74 Å². The van der Waals surface area contributed by atoms with Crippen molar-refractivity contribution in [2.24, 2.45) is 0 Å². The maximum absolute atomic E-state index is 11.9. The molecular formula is C16H17NO3. The summed E-state index contributed by atoms with van der Waals surface area (Å²) in [6, 6.07) is 13.9. The third-order valence-electron chi connectivity index (χ3n) is 2.72. The molecule has 2 aromatic carbocycles. The van der Waals surface area contributed by atoms with Crippen LogP contribution in [0.3, 0.4) is 0 Å². The zero-order valence-electron chi connectivity index (χ0n) is 11.3. The highest BCUT2D eigenvalue weighted by atomic mass is 16.5. The standard InChI is InChI=1S/C16H17NO3/c1-2-20-15-8-6-13(7-9-15)17-16(19)11-12-4-3-5-14(18)10-12/h3-10,18H,2,11H2,1H3,(H,17,19). The lowest BCUT2D eigenvalue weighted by Crippen LogP contribution is -2.14. The minimum atomic E-state index is -0.125. The molecular weight excluding hydrogens is 254 g/mol. The van der Waals surface area contributed by atoms with Gasteiger partial charge in [-0.3, -0.25) is 4.79 Å². The first-order valence-corrected chi connectivity index (χ1v) is 6.48. The van der Waals surface area contributed by atoms with Gasteiger partial charge in [-0.2, -0.15) is 0 Å². The fourth-order valence-electron chi connectivity index (χ4n) is 1.86. The molecule has 2 N–H and O–H groups in total. The highest BCUT2D eigenvalue weighted by molar-refractivity contribution is 5.92. The number of ether oxygens (including phenoxy) is 1. The summed E-state index contributed by atoms with van der Waals surface area (Å²) in [5, 5.41) is 12.2. The second kappa shape index (κ2) is 6.61. The van der Waals surface area contributed by atoms with Gasteiger partial charge in [0.15, 0.2) is 0 Å². The Hall–Kier alpha value is -2.49. The third kappa shape index (κ3) is 4.02. The number of amides is 1. The Morgan fingerprint density at radius 1 is 1.20 bits per heavy atom. The molecule has 4 nitrogen and oxygen atoms in total. The van der Waals surface area contributed by atoms with E-state index in [0.29, 0.717) is 6.61 Å². The van der Waals surface area contributed by atoms with Crippen molar-refractivity contribution < 1.29 is 14.6 Å². The topological polar surface area (TPSA) is 58.6 Å². The van der Waals surface area contributed by atoms with Gasteiger partial charge in [0.05, 0.1) is 13.0 Å². The summed E-state index contributed by atoms with van der Waals surface area (Å²) >= 11 is 0. The maximum atomic E-state index is 11.9. The molecule has 0 aliphatic carbocycles. The van der Waals surface area contributed by atoms with Crippen molar-refractivity contribution in [3.63, 3.8) is 0 Å². The van der Waals surface area contributed by atoms with Gasteiger partial charge in [-0.25, -0.2) is 0 Å². The number of benzene rings is 2. The number of phenolic OH excluding ortho intramolecular Hbond substituents is 1. The fourth-order valence-corrected chi connectivity index (χ4v) is 1.86. The van der Waals surface area contributed by atoms with Gasteiger partial charge >= 0.3 is 0 Å². The SMILES string of the molecule is CCOc1ccc(NC(=O)Cc2cccc(O)c2)cc1. The predicted molar refractivity (Wildman–Crippen MR) is 78.1 cm³/mol. The monoisotopic (exact) mass is 271 g/mol. The van der Waals surface area contributed by atoms with Gasteiger partial charge < -0.3 is 15.2 Å². The summed E-state index contributed by atoms with van der Waals surface area (Å²) in [6.45, 7) is 2.54. The molecule has 104 valence electrons. The van der Waals surface area contributed by atoms with Crippen molar-refractivity contribution in [3.8, 4) is 11.5 Å². The van der Waals surface area contributed by atoms with E-state index in [-0.39, 0.29) is 18.1 Å². The molecule has 20 heavy (non-hydrogen) atoms. The molecule has 0 saturated heterocycles. The molecule has 0 atom stereocenters. The van der Waals surface area contributed by atoms with Gasteiger partial charge in [0.1, 0.15) is 11.5 Å². The molecule has 0 aliphatic rings. The van der Waals surface area contributed by atoms with Crippen LogP contribution in [0.25, 0.3) is 0 Å². The summed E-state index contributed by atoms with van der Waals surface area (Å²) in [5.41, 5.74) is 1.49. The van der Waals surface area contributed by atoms with Crippen LogP contribution < -0.4 is 10.1 Å². The van der Waals surface area contributed by atoms with E-state index in [9.17, 15) is 9.90 Å². The molecule has 0 aromatic heterocycles. The Labute approximate surface area is 118 Å². The number of hydrogen-bond donors (Lipinski definition) is 2. The minimum Gasteiger partial charge on any atom is -0.508 e. The average Bonchev–Trinajstić information content (AvgIpc) is 2.41. The molecule has 2 aromatic rings. The molecule has 1 amide bonds. The minimum absolute atomic E-state index is 0.125. The predicted octanol–water partition coefficient (Wildman–Crippen LogP) is 2.97. The molecule has 0 spiro atoms. The number of carbonyl (C=O) groups is 1. The number of phenols is 1. The Morgan fingerprint density at radius 2 is 1.95 bits per heavy atom. The van der Waals surface area contributed by atoms with Crippen molar-refractivity contribution in [3.05, 3.63) is 54.1 Å². The van der Waals surface area contributed by atoms with Crippen molar-refractivity contribution in [2.75, 3.05) is 11.9 Å². The van der Waals surface area contributed by atoms with E-state index in [1.54, 1.807) is 36.4 Å². The maximum Gasteiger partial charge on any atom is 0.228 e. The third-order valence-corrected chi connectivity index (χ3v) is 2.72. The number of anilines is 1. The number of carbonyl (C=O) groups excluding carboxylic acids is 1. The second-order valence-electron chi connectivity index (χ2n) is 4.35. The molecule has 2 rings (SSSR count). The van der Waals surface area contributed by atoms with E-state index >= 15 is 0 Å². The van der Waals surface area contributed by atoms with Crippen molar-refractivity contribution >= 4 is 11.6 Å². The summed E-state index contributed by atoms with van der Waals surface area (Å²) in [5.74, 6) is 0.814. The normalized spacial score (nSPS) is 10.1. The van der Waals surface area contributed by atoms with E-state index in [1.807, 2.05) is 19.1 Å². The van der Waals surface area contributed by atoms with Gasteiger partial charge in [0, 0.05) is 5.69 Å². The van der Waals surface area contributed by atoms with Gasteiger partial charge in [-0.05, 0) is 48.9 Å². The molecule has 0 heterocycles. The van der Waals surface area contributed by atoms with Crippen LogP contribution in [0.5, 0.6) is 11.5 Å². The Kier molecular flexibility index (Phi) is 4.60. The van der Waals surface area contributed by atoms with Crippen LogP contribution >= 0.6 is 0 Å². The summed E-state index contributed by atoms with van der Waals surface area (Å²) < 4.78 is 5.33. The highest BCUT2D eigenvalue weighted by Gasteiger charge is 2.05. The van der Waals surface area contributed by atoms with Crippen LogP contribution in [0.1, 0.15) is 12.5 Å². The molecule has 4 heteroatoms. The van der Waals surface area contributed by atoms with Gasteiger partial charge in [-0.15, -0.1) is 0 Å². The number of aromatic hydroxyl groups is 1. The van der Waals surface area contributed by atoms with Crippen LogP contribution in [-0.2, 0) is 11.2 Å². The molecule has 0 bridgehead atoms. The van der Waals surface area contributed by atoms with Gasteiger partial charge in [0.25, 0.3) is 0 Å². The molecule has 0 aliphatic heterocycles. The lowest BCUT2D eigenvalue weighted by Gasteiger charge is -2.07. The van der Waals surface area contributed by atoms with Crippen molar-refractivity contribution in [1.82, 2.24) is 0 Å². The quantitative estimate of drug-likeness (QED) is 0.879. The molecule has 0 unspecified atom stereocenters. The Balaban J connectivity index is 1.94. The first kappa shape index (κ1) is 13.9. The summed E-state index contributed by atoms with van der Waals surface area (Å²) in [4.78, 5) is 11.9. The lowest BCUT2D eigenvalue weighted by atomic mass is 10.1. The lowest BCUT2D eigenvalue weighted by molar-refractivity contribution is -0.115. The van der Waals surface area contributed by atoms with Crippen LogP contribution in [0.15, 0.2) is 48.5 Å². The van der Waals surface area contributed by atoms with Gasteiger partial charge in [-0.1, -0.05) is 12.1 Å². The zero-order valence-corrected chi connectivity index (χ0v) is 11.3. The summed E-state index contributed by atoms with van der Waals surface area (Å²) in [6.07, 6.45) is 0.224. The zero-order chi connectivity index (χ0) is 14.4. The van der Waals surface area contributed by atoms with Crippen molar-refractivity contribution in [2.45, 2.75) is 13.3 Å². The number of nitrogens with one attached hydrogen (secondary N) is 1. The second-order valence-corrected chi connectivity index (χ2v) is 4.35. The van der Waals surface area contributed by atoms with E-state index in [0.717, 1.165) is 17.0 Å². The smallest absolute Gasteiger partial charge is 0.228 e. The van der Waals surface area contributed by atoms with Crippen molar-refractivity contribution in [1.29, 1.82) is 0 Å². The van der Waals surface area contributed by atoms with E-state index < -0.39 is 0 Å².